The number of nitrogens with one attached hydrogen (secondary N) is 1. The lowest BCUT2D eigenvalue weighted by Gasteiger charge is -2.15. The van der Waals surface area contributed by atoms with Gasteiger partial charge in [-0.3, -0.25) is 0 Å². The Bertz CT molecular complexity index is 619. The molecule has 0 fully saturated rings. The molecule has 0 saturated heterocycles. The van der Waals surface area contributed by atoms with E-state index in [1.54, 1.807) is 7.11 Å². The van der Waals surface area contributed by atoms with Crippen LogP contribution in [0.25, 0.3) is 0 Å². The highest BCUT2D eigenvalue weighted by Crippen LogP contribution is 2.37. The van der Waals surface area contributed by atoms with Crippen molar-refractivity contribution >= 4 is 27.5 Å². The molecule has 21 heavy (non-hydrogen) atoms. The van der Waals surface area contributed by atoms with Gasteiger partial charge in [-0.2, -0.15) is 0 Å². The van der Waals surface area contributed by atoms with E-state index in [9.17, 15) is 0 Å². The molecule has 0 bridgehead atoms. The van der Waals surface area contributed by atoms with Gasteiger partial charge in [0.25, 0.3) is 0 Å². The molecule has 112 valence electrons. The van der Waals surface area contributed by atoms with E-state index in [2.05, 4.69) is 21.2 Å². The molecule has 0 atom stereocenters. The van der Waals surface area contributed by atoms with Gasteiger partial charge in [0.1, 0.15) is 6.61 Å². The molecule has 5 heteroatoms. The van der Waals surface area contributed by atoms with Crippen molar-refractivity contribution in [3.63, 3.8) is 0 Å². The summed E-state index contributed by atoms with van der Waals surface area (Å²) in [6.07, 6.45) is 0. The third-order valence-electron chi connectivity index (χ3n) is 3.00. The zero-order valence-electron chi connectivity index (χ0n) is 12.0. The molecular formula is C16H17BrClNO2. The second kappa shape index (κ2) is 7.69. The molecule has 2 aromatic rings. The maximum absolute atomic E-state index is 6.14. The van der Waals surface area contributed by atoms with E-state index in [1.165, 1.54) is 0 Å². The van der Waals surface area contributed by atoms with E-state index < -0.39 is 0 Å². The number of methoxy groups -OCH3 is 1. The monoisotopic (exact) mass is 369 g/mol. The Labute approximate surface area is 138 Å². The largest absolute Gasteiger partial charge is 0.493 e. The molecule has 0 aliphatic rings. The molecule has 2 rings (SSSR count). The highest BCUT2D eigenvalue weighted by atomic mass is 79.9. The Morgan fingerprint density at radius 1 is 1.24 bits per heavy atom. The summed E-state index contributed by atoms with van der Waals surface area (Å²) >= 11 is 9.67. The lowest BCUT2D eigenvalue weighted by Crippen LogP contribution is -2.06. The van der Waals surface area contributed by atoms with Gasteiger partial charge in [-0.25, -0.2) is 0 Å². The number of benzene rings is 2. The zero-order valence-corrected chi connectivity index (χ0v) is 14.3. The average Bonchev–Trinajstić information content (AvgIpc) is 2.47. The Kier molecular flexibility index (Phi) is 5.91. The summed E-state index contributed by atoms with van der Waals surface area (Å²) in [6.45, 7) is 1.15. The van der Waals surface area contributed by atoms with Crippen molar-refractivity contribution < 1.29 is 9.47 Å². The molecule has 0 radical (unpaired) electrons. The Morgan fingerprint density at radius 2 is 2.00 bits per heavy atom. The van der Waals surface area contributed by atoms with Gasteiger partial charge in [-0.15, -0.1) is 0 Å². The third kappa shape index (κ3) is 4.13. The summed E-state index contributed by atoms with van der Waals surface area (Å²) in [5.41, 5.74) is 2.05. The smallest absolute Gasteiger partial charge is 0.175 e. The van der Waals surface area contributed by atoms with Crippen LogP contribution in [0.2, 0.25) is 5.02 Å². The van der Waals surface area contributed by atoms with Crippen LogP contribution in [0.15, 0.2) is 40.9 Å². The molecule has 0 aromatic heterocycles. The molecule has 0 spiro atoms. The normalized spacial score (nSPS) is 10.5. The number of rotatable bonds is 6. The standard InChI is InChI=1S/C16H17BrClNO2/c1-19-9-11-7-13(17)16(15(8-11)20-2)21-10-12-5-3-4-6-14(12)18/h3-8,19H,9-10H2,1-2H3. The van der Waals surface area contributed by atoms with Crippen molar-refractivity contribution in [1.29, 1.82) is 0 Å². The average molecular weight is 371 g/mol. The van der Waals surface area contributed by atoms with Gasteiger partial charge in [0, 0.05) is 17.1 Å². The summed E-state index contributed by atoms with van der Waals surface area (Å²) < 4.78 is 12.2. The van der Waals surface area contributed by atoms with Crippen LogP contribution in [0, 0.1) is 0 Å². The zero-order chi connectivity index (χ0) is 15.2. The molecule has 0 amide bonds. The molecule has 3 nitrogen and oxygen atoms in total. The van der Waals surface area contributed by atoms with Gasteiger partial charge in [0.2, 0.25) is 0 Å². The van der Waals surface area contributed by atoms with E-state index >= 15 is 0 Å². The van der Waals surface area contributed by atoms with E-state index in [1.807, 2.05) is 43.4 Å². The van der Waals surface area contributed by atoms with Gasteiger partial charge in [-0.1, -0.05) is 29.8 Å². The van der Waals surface area contributed by atoms with E-state index in [0.717, 1.165) is 22.1 Å². The fourth-order valence-electron chi connectivity index (χ4n) is 1.98. The Balaban J connectivity index is 2.21. The van der Waals surface area contributed by atoms with Crippen molar-refractivity contribution in [2.75, 3.05) is 14.2 Å². The van der Waals surface area contributed by atoms with Gasteiger partial charge in [-0.05, 0) is 46.7 Å². The minimum atomic E-state index is 0.389. The summed E-state index contributed by atoms with van der Waals surface area (Å²) in [5.74, 6) is 1.37. The first-order valence-electron chi connectivity index (χ1n) is 6.53. The molecule has 2 aromatic carbocycles. The fourth-order valence-corrected chi connectivity index (χ4v) is 2.78. The lowest BCUT2D eigenvalue weighted by atomic mass is 10.2. The van der Waals surface area contributed by atoms with Gasteiger partial charge >= 0.3 is 0 Å². The third-order valence-corrected chi connectivity index (χ3v) is 3.96. The van der Waals surface area contributed by atoms with E-state index in [0.29, 0.717) is 23.1 Å². The van der Waals surface area contributed by atoms with Crippen LogP contribution >= 0.6 is 27.5 Å². The van der Waals surface area contributed by atoms with Crippen LogP contribution in [0.3, 0.4) is 0 Å². The number of halogens is 2. The van der Waals surface area contributed by atoms with Crippen molar-refractivity contribution in [1.82, 2.24) is 5.32 Å². The van der Waals surface area contributed by atoms with E-state index in [-0.39, 0.29) is 0 Å². The second-order valence-electron chi connectivity index (χ2n) is 4.52. The predicted molar refractivity (Wildman–Crippen MR) is 89.2 cm³/mol. The molecule has 0 aliphatic carbocycles. The summed E-state index contributed by atoms with van der Waals surface area (Å²) in [5, 5.41) is 3.81. The lowest BCUT2D eigenvalue weighted by molar-refractivity contribution is 0.282. The highest BCUT2D eigenvalue weighted by molar-refractivity contribution is 9.10. The van der Waals surface area contributed by atoms with Gasteiger partial charge in [0.15, 0.2) is 11.5 Å². The molecular weight excluding hydrogens is 354 g/mol. The van der Waals surface area contributed by atoms with Crippen molar-refractivity contribution in [2.45, 2.75) is 13.2 Å². The van der Waals surface area contributed by atoms with Gasteiger partial charge < -0.3 is 14.8 Å². The van der Waals surface area contributed by atoms with E-state index in [4.69, 9.17) is 21.1 Å². The SMILES string of the molecule is CNCc1cc(Br)c(OCc2ccccc2Cl)c(OC)c1. The molecule has 0 saturated carbocycles. The van der Waals surface area contributed by atoms with Crippen LogP contribution in [-0.2, 0) is 13.2 Å². The molecule has 0 unspecified atom stereocenters. The van der Waals surface area contributed by atoms with Crippen molar-refractivity contribution in [3.05, 3.63) is 57.0 Å². The minimum Gasteiger partial charge on any atom is -0.493 e. The van der Waals surface area contributed by atoms with Gasteiger partial charge in [0.05, 0.1) is 11.6 Å². The second-order valence-corrected chi connectivity index (χ2v) is 5.78. The quantitative estimate of drug-likeness (QED) is 0.817. The molecule has 0 heterocycles. The first-order valence-corrected chi connectivity index (χ1v) is 7.70. The van der Waals surface area contributed by atoms with Crippen LogP contribution in [-0.4, -0.2) is 14.2 Å². The number of hydrogen-bond acceptors (Lipinski definition) is 3. The van der Waals surface area contributed by atoms with Crippen LogP contribution in [0.5, 0.6) is 11.5 Å². The number of ether oxygens (including phenoxy) is 2. The van der Waals surface area contributed by atoms with Crippen LogP contribution in [0.1, 0.15) is 11.1 Å². The number of hydrogen-bond donors (Lipinski definition) is 1. The van der Waals surface area contributed by atoms with Crippen molar-refractivity contribution in [3.8, 4) is 11.5 Å². The maximum Gasteiger partial charge on any atom is 0.175 e. The summed E-state index contributed by atoms with van der Waals surface area (Å²) in [6, 6.07) is 11.6. The maximum atomic E-state index is 6.14. The first-order chi connectivity index (χ1) is 10.2. The fraction of sp³-hybridized carbons (Fsp3) is 0.250. The first kappa shape index (κ1) is 16.1. The summed E-state index contributed by atoms with van der Waals surface area (Å²) in [7, 11) is 3.54. The minimum absolute atomic E-state index is 0.389. The Hall–Kier alpha value is -1.23. The topological polar surface area (TPSA) is 30.5 Å². The summed E-state index contributed by atoms with van der Waals surface area (Å²) in [4.78, 5) is 0. The predicted octanol–water partition coefficient (Wildman–Crippen LogP) is 4.41. The van der Waals surface area contributed by atoms with Crippen LogP contribution < -0.4 is 14.8 Å². The molecule has 1 N–H and O–H groups in total. The van der Waals surface area contributed by atoms with Crippen LogP contribution in [0.4, 0.5) is 0 Å². The molecule has 0 aliphatic heterocycles. The Morgan fingerprint density at radius 3 is 2.67 bits per heavy atom. The highest BCUT2D eigenvalue weighted by Gasteiger charge is 2.12. The van der Waals surface area contributed by atoms with Crippen molar-refractivity contribution in [2.24, 2.45) is 0 Å².